The Morgan fingerprint density at radius 3 is 2.80 bits per heavy atom. The maximum absolute atomic E-state index is 12.5. The van der Waals surface area contributed by atoms with Crippen molar-refractivity contribution in [2.45, 2.75) is 17.6 Å². The molecule has 0 radical (unpaired) electrons. The van der Waals surface area contributed by atoms with Crippen LogP contribution in [0.3, 0.4) is 0 Å². The first-order valence-corrected chi connectivity index (χ1v) is 7.58. The molecule has 1 atom stereocenters. The molecule has 1 amide bonds. The van der Waals surface area contributed by atoms with Gasteiger partial charge >= 0.3 is 0 Å². The van der Waals surface area contributed by atoms with E-state index in [0.717, 1.165) is 0 Å². The zero-order valence-corrected chi connectivity index (χ0v) is 12.5. The molecule has 1 N–H and O–H groups in total. The smallest absolute Gasteiger partial charge is 0.262 e. The van der Waals surface area contributed by atoms with E-state index in [0.29, 0.717) is 0 Å². The minimum Gasteiger partial charge on any atom is -0.363 e. The van der Waals surface area contributed by atoms with Crippen molar-refractivity contribution >= 4 is 15.9 Å². The molecule has 0 aromatic carbocycles. The number of morpholine rings is 1. The molecule has 1 aromatic heterocycles. The number of aromatic nitrogens is 2. The Kier molecular flexibility index (Phi) is 3.85. The van der Waals surface area contributed by atoms with Gasteiger partial charge in [0.15, 0.2) is 10.6 Å². The van der Waals surface area contributed by atoms with Crippen molar-refractivity contribution in [2.75, 3.05) is 26.7 Å². The highest BCUT2D eigenvalue weighted by Crippen LogP contribution is 2.23. The number of nitrogens with zero attached hydrogens (tertiary/aromatic N) is 3. The number of likely N-dealkylation sites (N-methyl/N-ethyl adjacent to an activating group) is 1. The molecule has 0 spiro atoms. The molecule has 1 aliphatic heterocycles. The quantitative estimate of drug-likeness (QED) is 0.768. The molecule has 2 heterocycles. The maximum atomic E-state index is 12.5. The lowest BCUT2D eigenvalue weighted by molar-refractivity contribution is -0.151. The number of imidazole rings is 1. The Labute approximate surface area is 117 Å². The highest BCUT2D eigenvalue weighted by atomic mass is 32.2. The van der Waals surface area contributed by atoms with Crippen molar-refractivity contribution in [1.29, 1.82) is 0 Å². The van der Waals surface area contributed by atoms with Gasteiger partial charge in [0, 0.05) is 26.8 Å². The number of hydrogen-bond donors (Lipinski definition) is 1. The number of carbonyl (C=O) groups excluding carboxylic acids is 1. The Hall–Kier alpha value is -1.45. The summed E-state index contributed by atoms with van der Waals surface area (Å²) in [5.41, 5.74) is -1.19. The van der Waals surface area contributed by atoms with Crippen LogP contribution in [0.1, 0.15) is 6.92 Å². The topological polar surface area (TPSA) is 93.5 Å². The molecule has 0 saturated carbocycles. The van der Waals surface area contributed by atoms with E-state index in [2.05, 4.69) is 10.3 Å². The molecule has 1 unspecified atom stereocenters. The van der Waals surface area contributed by atoms with Crippen LogP contribution < -0.4 is 5.32 Å². The molecule has 0 bridgehead atoms. The van der Waals surface area contributed by atoms with E-state index in [4.69, 9.17) is 4.74 Å². The fourth-order valence-electron chi connectivity index (χ4n) is 2.10. The first-order chi connectivity index (χ1) is 9.29. The predicted octanol–water partition coefficient (Wildman–Crippen LogP) is -1.05. The molecule has 9 heteroatoms. The van der Waals surface area contributed by atoms with Gasteiger partial charge in [-0.1, -0.05) is 0 Å². The molecule has 2 rings (SSSR count). The fraction of sp³-hybridized carbons (Fsp3) is 0.636. The Balaban J connectivity index is 2.27. The lowest BCUT2D eigenvalue weighted by atomic mass is 10.0. The summed E-state index contributed by atoms with van der Waals surface area (Å²) in [7, 11) is -0.529. The second-order valence-corrected chi connectivity index (χ2v) is 6.76. The minimum absolute atomic E-state index is 0.0267. The van der Waals surface area contributed by atoms with Crippen molar-refractivity contribution in [2.24, 2.45) is 7.05 Å². The van der Waals surface area contributed by atoms with Crippen LogP contribution in [0.5, 0.6) is 0 Å². The van der Waals surface area contributed by atoms with Gasteiger partial charge in [-0.2, -0.15) is 4.31 Å². The second kappa shape index (κ2) is 5.15. The molecular weight excluding hydrogens is 284 g/mol. The van der Waals surface area contributed by atoms with E-state index >= 15 is 0 Å². The average Bonchev–Trinajstić information content (AvgIpc) is 2.85. The van der Waals surface area contributed by atoms with Gasteiger partial charge in [-0.25, -0.2) is 13.4 Å². The Morgan fingerprint density at radius 2 is 2.25 bits per heavy atom. The molecule has 0 aliphatic carbocycles. The molecule has 1 fully saturated rings. The van der Waals surface area contributed by atoms with Gasteiger partial charge < -0.3 is 14.6 Å². The molecule has 1 aliphatic rings. The van der Waals surface area contributed by atoms with Gasteiger partial charge in [-0.15, -0.1) is 0 Å². The zero-order valence-electron chi connectivity index (χ0n) is 11.7. The predicted molar refractivity (Wildman–Crippen MR) is 70.4 cm³/mol. The lowest BCUT2D eigenvalue weighted by Crippen LogP contribution is -2.58. The van der Waals surface area contributed by atoms with Crippen LogP contribution in [0.15, 0.2) is 17.6 Å². The SMILES string of the molecule is CNC(=O)C1(C)CN(S(=O)(=O)c2cn(C)cn2)CCO1. The minimum atomic E-state index is -3.71. The number of hydrogen-bond acceptors (Lipinski definition) is 5. The summed E-state index contributed by atoms with van der Waals surface area (Å²) in [6, 6.07) is 0. The molecule has 112 valence electrons. The fourth-order valence-corrected chi connectivity index (χ4v) is 3.57. The highest BCUT2D eigenvalue weighted by molar-refractivity contribution is 7.89. The summed E-state index contributed by atoms with van der Waals surface area (Å²) in [5.74, 6) is -0.349. The van der Waals surface area contributed by atoms with Crippen molar-refractivity contribution in [3.05, 3.63) is 12.5 Å². The van der Waals surface area contributed by atoms with Crippen molar-refractivity contribution in [3.8, 4) is 0 Å². The second-order valence-electron chi connectivity index (χ2n) is 4.87. The monoisotopic (exact) mass is 302 g/mol. The number of ether oxygens (including phenoxy) is 1. The van der Waals surface area contributed by atoms with Crippen molar-refractivity contribution in [1.82, 2.24) is 19.2 Å². The molecular formula is C11H18N4O4S. The molecule has 1 saturated heterocycles. The first-order valence-electron chi connectivity index (χ1n) is 6.14. The number of amides is 1. The number of sulfonamides is 1. The summed E-state index contributed by atoms with van der Waals surface area (Å²) in [6.45, 7) is 1.90. The van der Waals surface area contributed by atoms with Crippen molar-refractivity contribution < 1.29 is 17.9 Å². The third-order valence-corrected chi connectivity index (χ3v) is 4.96. The highest BCUT2D eigenvalue weighted by Gasteiger charge is 2.43. The van der Waals surface area contributed by atoms with E-state index in [-0.39, 0.29) is 30.6 Å². The Bertz CT molecular complexity index is 612. The summed E-state index contributed by atoms with van der Waals surface area (Å²) in [6.07, 6.45) is 2.85. The summed E-state index contributed by atoms with van der Waals surface area (Å²) < 4.78 is 33.2. The number of rotatable bonds is 3. The normalized spacial score (nSPS) is 24.6. The zero-order chi connectivity index (χ0) is 15.0. The van der Waals surface area contributed by atoms with Crippen LogP contribution in [0, 0.1) is 0 Å². The maximum Gasteiger partial charge on any atom is 0.262 e. The van der Waals surface area contributed by atoms with E-state index in [9.17, 15) is 13.2 Å². The molecule has 8 nitrogen and oxygen atoms in total. The lowest BCUT2D eigenvalue weighted by Gasteiger charge is -2.37. The van der Waals surface area contributed by atoms with Gasteiger partial charge in [-0.3, -0.25) is 4.79 Å². The van der Waals surface area contributed by atoms with Crippen LogP contribution in [0.4, 0.5) is 0 Å². The van der Waals surface area contributed by atoms with Gasteiger partial charge in [-0.05, 0) is 6.92 Å². The van der Waals surface area contributed by atoms with Gasteiger partial charge in [0.1, 0.15) is 0 Å². The van der Waals surface area contributed by atoms with E-state index in [1.54, 1.807) is 18.5 Å². The van der Waals surface area contributed by atoms with Gasteiger partial charge in [0.25, 0.3) is 15.9 Å². The van der Waals surface area contributed by atoms with E-state index < -0.39 is 15.6 Å². The van der Waals surface area contributed by atoms with Gasteiger partial charge in [0.05, 0.1) is 19.5 Å². The summed E-state index contributed by atoms with van der Waals surface area (Å²) in [5, 5.41) is 2.46. The summed E-state index contributed by atoms with van der Waals surface area (Å²) >= 11 is 0. The average molecular weight is 302 g/mol. The number of nitrogens with one attached hydrogen (secondary N) is 1. The summed E-state index contributed by atoms with van der Waals surface area (Å²) in [4.78, 5) is 15.7. The number of carbonyl (C=O) groups is 1. The molecule has 1 aromatic rings. The van der Waals surface area contributed by atoms with Crippen molar-refractivity contribution in [3.63, 3.8) is 0 Å². The third-order valence-electron chi connectivity index (χ3n) is 3.23. The third kappa shape index (κ3) is 2.56. The Morgan fingerprint density at radius 1 is 1.55 bits per heavy atom. The number of aryl methyl sites for hydroxylation is 1. The van der Waals surface area contributed by atoms with Crippen LogP contribution in [-0.2, 0) is 26.6 Å². The first kappa shape index (κ1) is 14.9. The largest absolute Gasteiger partial charge is 0.363 e. The van der Waals surface area contributed by atoms with E-state index in [1.807, 2.05) is 0 Å². The van der Waals surface area contributed by atoms with Crippen LogP contribution in [0.2, 0.25) is 0 Å². The van der Waals surface area contributed by atoms with E-state index in [1.165, 1.54) is 23.9 Å². The van der Waals surface area contributed by atoms with Gasteiger partial charge in [0.2, 0.25) is 0 Å². The van der Waals surface area contributed by atoms with Crippen LogP contribution in [0.25, 0.3) is 0 Å². The van der Waals surface area contributed by atoms with Crippen LogP contribution in [-0.4, -0.2) is 60.5 Å². The van der Waals surface area contributed by atoms with Crippen LogP contribution >= 0.6 is 0 Å². The molecule has 20 heavy (non-hydrogen) atoms. The standard InChI is InChI=1S/C11H18N4O4S/c1-11(10(16)12-2)7-15(4-5-19-11)20(17,18)9-6-14(3)8-13-9/h6,8H,4-5,7H2,1-3H3,(H,12,16).